The van der Waals surface area contributed by atoms with E-state index < -0.39 is 5.97 Å². The van der Waals surface area contributed by atoms with E-state index in [-0.39, 0.29) is 18.2 Å². The van der Waals surface area contributed by atoms with Crippen LogP contribution in [0.3, 0.4) is 0 Å². The lowest BCUT2D eigenvalue weighted by molar-refractivity contribution is -0.115. The summed E-state index contributed by atoms with van der Waals surface area (Å²) >= 11 is 1.30. The van der Waals surface area contributed by atoms with Crippen LogP contribution in [0.5, 0.6) is 0 Å². The van der Waals surface area contributed by atoms with E-state index >= 15 is 0 Å². The third kappa shape index (κ3) is 3.65. The number of carbonyl (C=O) groups excluding carboxylic acids is 2. The van der Waals surface area contributed by atoms with Crippen molar-refractivity contribution in [2.75, 3.05) is 12.4 Å². The van der Waals surface area contributed by atoms with E-state index in [1.165, 1.54) is 42.4 Å². The first-order valence-electron chi connectivity index (χ1n) is 9.00. The molecule has 8 nitrogen and oxygen atoms in total. The molecule has 2 heterocycles. The number of aromatic amines is 1. The van der Waals surface area contributed by atoms with Crippen molar-refractivity contribution in [1.29, 1.82) is 0 Å². The average Bonchev–Trinajstić information content (AvgIpc) is 3.37. The summed E-state index contributed by atoms with van der Waals surface area (Å²) in [6, 6.07) is 6.31. The fraction of sp³-hybridized carbons (Fsp3) is 0.316. The molecule has 0 radical (unpaired) electrons. The predicted octanol–water partition coefficient (Wildman–Crippen LogP) is 2.77. The molecule has 144 valence electrons. The topological polar surface area (TPSA) is 110 Å². The van der Waals surface area contributed by atoms with Gasteiger partial charge in [0.2, 0.25) is 5.91 Å². The Balaban J connectivity index is 1.65. The van der Waals surface area contributed by atoms with Gasteiger partial charge in [-0.05, 0) is 42.4 Å². The molecule has 9 heteroatoms. The average molecular weight is 397 g/mol. The Kier molecular flexibility index (Phi) is 5.16. The van der Waals surface area contributed by atoms with Gasteiger partial charge in [-0.15, -0.1) is 21.5 Å². The van der Waals surface area contributed by atoms with E-state index in [0.717, 1.165) is 24.0 Å². The highest BCUT2D eigenvalue weighted by molar-refractivity contribution is 7.15. The molecule has 0 aliphatic heterocycles. The Hall–Kier alpha value is -3.07. The second-order valence-corrected chi connectivity index (χ2v) is 7.47. The summed E-state index contributed by atoms with van der Waals surface area (Å²) in [7, 11) is 1.33. The summed E-state index contributed by atoms with van der Waals surface area (Å²) in [5.41, 5.74) is 4.78. The number of rotatable bonds is 5. The lowest BCUT2D eigenvalue weighted by Gasteiger charge is -2.16. The molecule has 2 N–H and O–H groups in total. The Morgan fingerprint density at radius 2 is 2.07 bits per heavy atom. The minimum Gasteiger partial charge on any atom is -0.465 e. The van der Waals surface area contributed by atoms with Gasteiger partial charge in [-0.3, -0.25) is 4.79 Å². The van der Waals surface area contributed by atoms with E-state index in [2.05, 4.69) is 38.1 Å². The number of H-pyrrole nitrogens is 1. The van der Waals surface area contributed by atoms with Crippen molar-refractivity contribution < 1.29 is 14.3 Å². The van der Waals surface area contributed by atoms with E-state index in [4.69, 9.17) is 4.74 Å². The summed E-state index contributed by atoms with van der Waals surface area (Å²) in [6.45, 7) is 0. The van der Waals surface area contributed by atoms with Crippen molar-refractivity contribution in [1.82, 2.24) is 20.6 Å². The van der Waals surface area contributed by atoms with Crippen LogP contribution in [0.4, 0.5) is 5.00 Å². The number of thiophene rings is 1. The molecule has 0 atom stereocenters. The summed E-state index contributed by atoms with van der Waals surface area (Å²) in [6.07, 6.45) is 4.51. The molecule has 3 aromatic rings. The molecule has 0 bridgehead atoms. The summed E-state index contributed by atoms with van der Waals surface area (Å²) < 4.78 is 4.97. The molecule has 0 unspecified atom stereocenters. The van der Waals surface area contributed by atoms with Gasteiger partial charge >= 0.3 is 5.97 Å². The molecule has 1 aromatic carbocycles. The number of fused-ring (bicyclic) bond motifs is 1. The lowest BCUT2D eigenvalue weighted by Crippen LogP contribution is -2.17. The van der Waals surface area contributed by atoms with E-state index in [1.807, 2.05) is 11.4 Å². The number of ether oxygens (including phenoxy) is 1. The van der Waals surface area contributed by atoms with Gasteiger partial charge in [0.1, 0.15) is 10.6 Å². The summed E-state index contributed by atoms with van der Waals surface area (Å²) in [5.74, 6) is -0.530. The molecule has 2 aromatic heterocycles. The monoisotopic (exact) mass is 397 g/mol. The van der Waals surface area contributed by atoms with Crippen molar-refractivity contribution in [2.45, 2.75) is 32.1 Å². The number of amides is 1. The Morgan fingerprint density at radius 1 is 1.25 bits per heavy atom. The molecule has 1 aliphatic rings. The zero-order valence-corrected chi connectivity index (χ0v) is 16.1. The second-order valence-electron chi connectivity index (χ2n) is 6.59. The molecule has 0 saturated heterocycles. The second kappa shape index (κ2) is 7.89. The zero-order valence-electron chi connectivity index (χ0n) is 15.3. The van der Waals surface area contributed by atoms with Crippen molar-refractivity contribution in [2.24, 2.45) is 0 Å². The van der Waals surface area contributed by atoms with Crippen LogP contribution >= 0.6 is 11.3 Å². The number of nitrogens with one attached hydrogen (secondary N) is 2. The van der Waals surface area contributed by atoms with Crippen molar-refractivity contribution in [3.8, 4) is 11.1 Å². The van der Waals surface area contributed by atoms with E-state index in [1.54, 1.807) is 0 Å². The van der Waals surface area contributed by atoms with Gasteiger partial charge in [-0.2, -0.15) is 5.21 Å². The standard InChI is InChI=1S/C19H19N5O3S/c1-27-19(26)17-14(13-7-6-11-4-2-3-5-12(11)8-13)10-28-18(17)20-16(25)9-15-21-23-24-22-15/h6-8,10H,2-5,9H2,1H3,(H,20,25)(H,21,22,23,24). The fourth-order valence-electron chi connectivity index (χ4n) is 3.44. The van der Waals surface area contributed by atoms with Gasteiger partial charge < -0.3 is 10.1 Å². The normalized spacial score (nSPS) is 13.0. The number of benzene rings is 1. The molecule has 28 heavy (non-hydrogen) atoms. The molecule has 1 amide bonds. The first kappa shape index (κ1) is 18.3. The summed E-state index contributed by atoms with van der Waals surface area (Å²) in [5, 5.41) is 18.4. The van der Waals surface area contributed by atoms with Gasteiger partial charge in [0, 0.05) is 10.9 Å². The summed E-state index contributed by atoms with van der Waals surface area (Å²) in [4.78, 5) is 24.8. The minimum atomic E-state index is -0.483. The van der Waals surface area contributed by atoms with Crippen LogP contribution < -0.4 is 5.32 Å². The number of aryl methyl sites for hydroxylation is 2. The van der Waals surface area contributed by atoms with Crippen LogP contribution in [0, 0.1) is 0 Å². The Morgan fingerprint density at radius 3 is 2.82 bits per heavy atom. The maximum Gasteiger partial charge on any atom is 0.341 e. The maximum atomic E-state index is 12.5. The number of carbonyl (C=O) groups is 2. The molecular formula is C19H19N5O3S. The van der Waals surface area contributed by atoms with Gasteiger partial charge in [0.25, 0.3) is 0 Å². The van der Waals surface area contributed by atoms with Crippen LogP contribution in [0.1, 0.15) is 40.2 Å². The van der Waals surface area contributed by atoms with Crippen LogP contribution in [0.25, 0.3) is 11.1 Å². The molecule has 4 rings (SSSR count). The highest BCUT2D eigenvalue weighted by Crippen LogP contribution is 2.37. The highest BCUT2D eigenvalue weighted by Gasteiger charge is 2.23. The van der Waals surface area contributed by atoms with Crippen molar-refractivity contribution >= 4 is 28.2 Å². The van der Waals surface area contributed by atoms with Crippen LogP contribution in [0.15, 0.2) is 23.6 Å². The number of methoxy groups -OCH3 is 1. The van der Waals surface area contributed by atoms with Crippen LogP contribution in [-0.2, 0) is 28.8 Å². The predicted molar refractivity (Wildman–Crippen MR) is 104 cm³/mol. The first-order valence-corrected chi connectivity index (χ1v) is 9.88. The van der Waals surface area contributed by atoms with Crippen molar-refractivity contribution in [3.05, 3.63) is 46.1 Å². The molecule has 0 fully saturated rings. The minimum absolute atomic E-state index is 0.0385. The van der Waals surface area contributed by atoms with Gasteiger partial charge in [-0.25, -0.2) is 4.79 Å². The quantitative estimate of drug-likeness (QED) is 0.641. The molecule has 0 saturated carbocycles. The van der Waals surface area contributed by atoms with Crippen LogP contribution in [-0.4, -0.2) is 39.6 Å². The van der Waals surface area contributed by atoms with Crippen LogP contribution in [0.2, 0.25) is 0 Å². The molecular weight excluding hydrogens is 378 g/mol. The zero-order chi connectivity index (χ0) is 19.5. The van der Waals surface area contributed by atoms with E-state index in [0.29, 0.717) is 10.6 Å². The molecule has 0 spiro atoms. The SMILES string of the molecule is COC(=O)c1c(-c2ccc3c(c2)CCCC3)csc1NC(=O)Cc1nn[nH]n1. The maximum absolute atomic E-state index is 12.5. The number of nitrogens with zero attached hydrogens (tertiary/aromatic N) is 3. The van der Waals surface area contributed by atoms with Gasteiger partial charge in [0.05, 0.1) is 13.5 Å². The van der Waals surface area contributed by atoms with Gasteiger partial charge in [-0.1, -0.05) is 23.4 Å². The number of anilines is 1. The van der Waals surface area contributed by atoms with E-state index in [9.17, 15) is 9.59 Å². The lowest BCUT2D eigenvalue weighted by atomic mass is 9.89. The van der Waals surface area contributed by atoms with Crippen molar-refractivity contribution in [3.63, 3.8) is 0 Å². The van der Waals surface area contributed by atoms with Gasteiger partial charge in [0.15, 0.2) is 5.82 Å². The highest BCUT2D eigenvalue weighted by atomic mass is 32.1. The smallest absolute Gasteiger partial charge is 0.341 e. The Labute approximate surface area is 165 Å². The Bertz CT molecular complexity index is 1010. The fourth-order valence-corrected chi connectivity index (χ4v) is 4.41. The number of esters is 1. The third-order valence-corrected chi connectivity index (χ3v) is 5.70. The first-order chi connectivity index (χ1) is 13.7. The number of aromatic nitrogens is 4. The number of tetrazole rings is 1. The number of hydrogen-bond donors (Lipinski definition) is 2. The number of hydrogen-bond acceptors (Lipinski definition) is 7. The third-order valence-electron chi connectivity index (χ3n) is 4.80. The molecule has 1 aliphatic carbocycles. The largest absolute Gasteiger partial charge is 0.465 e.